The molecule has 2 amide bonds. The third-order valence-electron chi connectivity index (χ3n) is 4.50. The molecule has 2 heterocycles. The molecule has 0 saturated heterocycles. The van der Waals surface area contributed by atoms with Gasteiger partial charge in [-0.25, -0.2) is 9.97 Å². The topological polar surface area (TPSA) is 84.4 Å². The molecule has 0 radical (unpaired) electrons. The zero-order chi connectivity index (χ0) is 19.2. The molecule has 0 aliphatic carbocycles. The van der Waals surface area contributed by atoms with Crippen LogP contribution in [0.1, 0.15) is 39.4 Å². The molecule has 1 N–H and O–H groups in total. The maximum Gasteiger partial charge on any atom is 0.257 e. The van der Waals surface area contributed by atoms with Crippen molar-refractivity contribution >= 4 is 11.8 Å². The number of ether oxygens (including phenoxy) is 1. The minimum atomic E-state index is -0.197. The van der Waals surface area contributed by atoms with Crippen LogP contribution in [0.5, 0.6) is 0 Å². The average molecular weight is 368 g/mol. The van der Waals surface area contributed by atoms with Crippen LogP contribution < -0.4 is 5.32 Å². The number of nitrogens with zero attached hydrogens (tertiary/aromatic N) is 3. The van der Waals surface area contributed by atoms with Crippen molar-refractivity contribution in [1.82, 2.24) is 20.2 Å². The molecule has 0 saturated carbocycles. The second-order valence-electron chi connectivity index (χ2n) is 6.67. The SMILES string of the molecule is COCc1ncc2c(n1)CCCN(CC(=O)NCc1ccc(C)cc1)C2=O. The lowest BCUT2D eigenvalue weighted by Crippen LogP contribution is -2.40. The minimum Gasteiger partial charge on any atom is -0.377 e. The van der Waals surface area contributed by atoms with Crippen molar-refractivity contribution < 1.29 is 14.3 Å². The Morgan fingerprint density at radius 3 is 2.81 bits per heavy atom. The molecular formula is C20H24N4O3. The number of aromatic nitrogens is 2. The molecule has 0 atom stereocenters. The zero-order valence-electron chi connectivity index (χ0n) is 15.7. The second-order valence-corrected chi connectivity index (χ2v) is 6.67. The summed E-state index contributed by atoms with van der Waals surface area (Å²) in [6, 6.07) is 7.99. The van der Waals surface area contributed by atoms with Gasteiger partial charge in [-0.1, -0.05) is 29.8 Å². The highest BCUT2D eigenvalue weighted by Gasteiger charge is 2.25. The summed E-state index contributed by atoms with van der Waals surface area (Å²) in [6.07, 6.45) is 2.98. The summed E-state index contributed by atoms with van der Waals surface area (Å²) in [5.74, 6) is 0.189. The van der Waals surface area contributed by atoms with Crippen LogP contribution in [0.15, 0.2) is 30.5 Å². The molecule has 1 aliphatic rings. The summed E-state index contributed by atoms with van der Waals surface area (Å²) in [5.41, 5.74) is 3.40. The van der Waals surface area contributed by atoms with Crippen molar-refractivity contribution in [3.05, 3.63) is 58.7 Å². The third-order valence-corrected chi connectivity index (χ3v) is 4.50. The maximum atomic E-state index is 12.8. The number of hydrogen-bond donors (Lipinski definition) is 1. The Hall–Kier alpha value is -2.80. The van der Waals surface area contributed by atoms with Crippen LogP contribution >= 0.6 is 0 Å². The zero-order valence-corrected chi connectivity index (χ0v) is 15.7. The van der Waals surface area contributed by atoms with Gasteiger partial charge in [-0.15, -0.1) is 0 Å². The molecule has 0 spiro atoms. The van der Waals surface area contributed by atoms with Crippen LogP contribution in [0.4, 0.5) is 0 Å². The second kappa shape index (κ2) is 8.73. The molecule has 7 heteroatoms. The molecule has 27 heavy (non-hydrogen) atoms. The average Bonchev–Trinajstić information content (AvgIpc) is 2.81. The van der Waals surface area contributed by atoms with Crippen LogP contribution in [0.25, 0.3) is 0 Å². The molecule has 0 fully saturated rings. The summed E-state index contributed by atoms with van der Waals surface area (Å²) >= 11 is 0. The Balaban J connectivity index is 1.62. The fourth-order valence-corrected chi connectivity index (χ4v) is 3.02. The van der Waals surface area contributed by atoms with E-state index >= 15 is 0 Å². The lowest BCUT2D eigenvalue weighted by atomic mass is 10.1. The van der Waals surface area contributed by atoms with Crippen molar-refractivity contribution in [2.24, 2.45) is 0 Å². The van der Waals surface area contributed by atoms with Gasteiger partial charge in [-0.2, -0.15) is 0 Å². The highest BCUT2D eigenvalue weighted by Crippen LogP contribution is 2.16. The first kappa shape index (κ1) is 19.0. The van der Waals surface area contributed by atoms with E-state index in [1.54, 1.807) is 18.2 Å². The van der Waals surface area contributed by atoms with Gasteiger partial charge in [-0.3, -0.25) is 9.59 Å². The standard InChI is InChI=1S/C20H24N4O3/c1-14-5-7-15(8-6-14)10-22-19(25)12-24-9-3-4-17-16(20(24)26)11-21-18(23-17)13-27-2/h5-8,11H,3-4,9-10,12-13H2,1-2H3,(H,22,25). The van der Waals surface area contributed by atoms with Gasteiger partial charge in [0.15, 0.2) is 5.82 Å². The van der Waals surface area contributed by atoms with Crippen LogP contribution in [0.2, 0.25) is 0 Å². The smallest absolute Gasteiger partial charge is 0.257 e. The highest BCUT2D eigenvalue weighted by atomic mass is 16.5. The summed E-state index contributed by atoms with van der Waals surface area (Å²) in [5, 5.41) is 2.88. The van der Waals surface area contributed by atoms with Crippen molar-refractivity contribution in [3.8, 4) is 0 Å². The third kappa shape index (κ3) is 4.89. The van der Waals surface area contributed by atoms with E-state index in [9.17, 15) is 9.59 Å². The van der Waals surface area contributed by atoms with Gasteiger partial charge in [0, 0.05) is 26.4 Å². The molecule has 3 rings (SSSR count). The Labute approximate surface area is 158 Å². The summed E-state index contributed by atoms with van der Waals surface area (Å²) in [7, 11) is 1.58. The number of benzene rings is 1. The van der Waals surface area contributed by atoms with Gasteiger partial charge in [0.2, 0.25) is 5.91 Å². The van der Waals surface area contributed by atoms with Gasteiger partial charge in [0.05, 0.1) is 17.8 Å². The molecule has 0 bridgehead atoms. The first-order valence-corrected chi connectivity index (χ1v) is 9.02. The van der Waals surface area contributed by atoms with Crippen LogP contribution in [0, 0.1) is 6.92 Å². The van der Waals surface area contributed by atoms with Crippen molar-refractivity contribution in [2.75, 3.05) is 20.2 Å². The van der Waals surface area contributed by atoms with Gasteiger partial charge in [-0.05, 0) is 25.3 Å². The summed E-state index contributed by atoms with van der Waals surface area (Å²) in [6.45, 7) is 3.33. The predicted molar refractivity (Wildman–Crippen MR) is 100.0 cm³/mol. The first-order valence-electron chi connectivity index (χ1n) is 9.02. The molecule has 0 unspecified atom stereocenters. The van der Waals surface area contributed by atoms with E-state index in [0.717, 1.165) is 17.7 Å². The number of rotatable bonds is 6. The Kier molecular flexibility index (Phi) is 6.13. The number of carbonyl (C=O) groups excluding carboxylic acids is 2. The summed E-state index contributed by atoms with van der Waals surface area (Å²) < 4.78 is 5.05. The highest BCUT2D eigenvalue weighted by molar-refractivity contribution is 5.97. The number of aryl methyl sites for hydroxylation is 2. The Morgan fingerprint density at radius 1 is 1.30 bits per heavy atom. The van der Waals surface area contributed by atoms with Gasteiger partial charge in [0.25, 0.3) is 5.91 Å². The Morgan fingerprint density at radius 2 is 2.07 bits per heavy atom. The fourth-order valence-electron chi connectivity index (χ4n) is 3.02. The van der Waals surface area contributed by atoms with Crippen molar-refractivity contribution in [2.45, 2.75) is 32.9 Å². The molecule has 1 aliphatic heterocycles. The van der Waals surface area contributed by atoms with E-state index in [0.29, 0.717) is 37.5 Å². The minimum absolute atomic E-state index is 0.0317. The number of hydrogen-bond acceptors (Lipinski definition) is 5. The molecular weight excluding hydrogens is 344 g/mol. The monoisotopic (exact) mass is 368 g/mol. The number of methoxy groups -OCH3 is 1. The van der Waals surface area contributed by atoms with E-state index in [1.165, 1.54) is 5.56 Å². The van der Waals surface area contributed by atoms with Crippen molar-refractivity contribution in [1.29, 1.82) is 0 Å². The largest absolute Gasteiger partial charge is 0.377 e. The first-order chi connectivity index (χ1) is 13.1. The molecule has 142 valence electrons. The number of carbonyl (C=O) groups is 2. The van der Waals surface area contributed by atoms with Crippen LogP contribution in [0.3, 0.4) is 0 Å². The van der Waals surface area contributed by atoms with E-state index in [2.05, 4.69) is 15.3 Å². The molecule has 7 nitrogen and oxygen atoms in total. The maximum absolute atomic E-state index is 12.8. The number of nitrogens with one attached hydrogen (secondary N) is 1. The number of amides is 2. The molecule has 2 aromatic rings. The van der Waals surface area contributed by atoms with Gasteiger partial charge in [0.1, 0.15) is 6.61 Å². The van der Waals surface area contributed by atoms with Gasteiger partial charge >= 0.3 is 0 Å². The summed E-state index contributed by atoms with van der Waals surface area (Å²) in [4.78, 5) is 35.3. The number of fused-ring (bicyclic) bond motifs is 1. The van der Waals surface area contributed by atoms with Crippen LogP contribution in [-0.4, -0.2) is 46.9 Å². The van der Waals surface area contributed by atoms with Gasteiger partial charge < -0.3 is 15.0 Å². The molecule has 1 aromatic heterocycles. The van der Waals surface area contributed by atoms with Crippen LogP contribution in [-0.2, 0) is 29.1 Å². The van der Waals surface area contributed by atoms with E-state index in [1.807, 2.05) is 31.2 Å². The normalized spacial score (nSPS) is 13.9. The van der Waals surface area contributed by atoms with E-state index < -0.39 is 0 Å². The lowest BCUT2D eigenvalue weighted by molar-refractivity contribution is -0.122. The fraction of sp³-hybridized carbons (Fsp3) is 0.400. The quantitative estimate of drug-likeness (QED) is 0.838. The lowest BCUT2D eigenvalue weighted by Gasteiger charge is -2.20. The predicted octanol–water partition coefficient (Wildman–Crippen LogP) is 1.64. The van der Waals surface area contributed by atoms with E-state index in [4.69, 9.17) is 4.74 Å². The van der Waals surface area contributed by atoms with E-state index in [-0.39, 0.29) is 18.4 Å². The Bertz CT molecular complexity index is 820. The van der Waals surface area contributed by atoms with Crippen molar-refractivity contribution in [3.63, 3.8) is 0 Å². The molecule has 1 aromatic carbocycles.